The molecule has 0 unspecified atom stereocenters. The van der Waals surface area contributed by atoms with Crippen molar-refractivity contribution in [2.45, 2.75) is 19.9 Å². The molecule has 0 N–H and O–H groups in total. The molecule has 0 fully saturated rings. The first-order chi connectivity index (χ1) is 16.8. The van der Waals surface area contributed by atoms with Crippen LogP contribution in [0.1, 0.15) is 31.0 Å². The van der Waals surface area contributed by atoms with E-state index in [0.29, 0.717) is 49.2 Å². The minimum absolute atomic E-state index is 0.152. The topological polar surface area (TPSA) is 88.4 Å². The molecule has 1 atom stereocenters. The molecule has 35 heavy (non-hydrogen) atoms. The summed E-state index contributed by atoms with van der Waals surface area (Å²) < 4.78 is 23.9. The van der Waals surface area contributed by atoms with Gasteiger partial charge in [0.05, 0.1) is 39.0 Å². The third-order valence-electron chi connectivity index (χ3n) is 5.82. The predicted octanol–water partition coefficient (Wildman–Crippen LogP) is 2.86. The van der Waals surface area contributed by atoms with Gasteiger partial charge in [-0.2, -0.15) is 0 Å². The fourth-order valence-electron chi connectivity index (χ4n) is 4.29. The number of para-hydroxylation sites is 1. The SMILES string of the molecule is COc1ccccc1[C@H]1C(C(C)=O)=C(C)N=c2s/c(=C/c3cc(OC)c(OC)c(OC)c3)c(=O)n21. The summed E-state index contributed by atoms with van der Waals surface area (Å²) in [6.45, 7) is 3.28. The van der Waals surface area contributed by atoms with Crippen molar-refractivity contribution in [2.24, 2.45) is 4.99 Å². The van der Waals surface area contributed by atoms with E-state index in [1.54, 1.807) is 36.8 Å². The number of ether oxygens (including phenoxy) is 4. The Bertz CT molecular complexity index is 1490. The van der Waals surface area contributed by atoms with Gasteiger partial charge >= 0.3 is 0 Å². The van der Waals surface area contributed by atoms with Crippen molar-refractivity contribution in [1.82, 2.24) is 4.57 Å². The summed E-state index contributed by atoms with van der Waals surface area (Å²) in [4.78, 5) is 31.5. The zero-order valence-corrected chi connectivity index (χ0v) is 21.2. The number of ketones is 1. The van der Waals surface area contributed by atoms with Crippen molar-refractivity contribution in [3.63, 3.8) is 0 Å². The van der Waals surface area contributed by atoms with E-state index in [1.807, 2.05) is 24.3 Å². The van der Waals surface area contributed by atoms with Gasteiger partial charge in [0, 0.05) is 16.8 Å². The van der Waals surface area contributed by atoms with Crippen molar-refractivity contribution in [1.29, 1.82) is 0 Å². The molecule has 0 spiro atoms. The zero-order chi connectivity index (χ0) is 25.3. The molecule has 2 aromatic carbocycles. The summed E-state index contributed by atoms with van der Waals surface area (Å²) in [7, 11) is 6.17. The van der Waals surface area contributed by atoms with E-state index in [2.05, 4.69) is 4.99 Å². The van der Waals surface area contributed by atoms with Crippen molar-refractivity contribution >= 4 is 23.2 Å². The molecule has 1 aromatic heterocycles. The molecule has 0 saturated heterocycles. The average molecular weight is 495 g/mol. The number of nitrogens with zero attached hydrogens (tertiary/aromatic N) is 2. The highest BCUT2D eigenvalue weighted by Gasteiger charge is 2.32. The molecule has 3 aromatic rings. The third kappa shape index (κ3) is 4.23. The van der Waals surface area contributed by atoms with E-state index in [-0.39, 0.29) is 11.3 Å². The van der Waals surface area contributed by atoms with Crippen LogP contribution < -0.4 is 33.8 Å². The highest BCUT2D eigenvalue weighted by Crippen LogP contribution is 2.38. The van der Waals surface area contributed by atoms with Crippen LogP contribution in [0.3, 0.4) is 0 Å². The van der Waals surface area contributed by atoms with Crippen LogP contribution >= 0.6 is 11.3 Å². The number of rotatable bonds is 7. The van der Waals surface area contributed by atoms with Gasteiger partial charge in [-0.25, -0.2) is 4.99 Å². The molecular weight excluding hydrogens is 468 g/mol. The van der Waals surface area contributed by atoms with Crippen molar-refractivity contribution < 1.29 is 23.7 Å². The van der Waals surface area contributed by atoms with Crippen LogP contribution in [0.15, 0.2) is 57.5 Å². The van der Waals surface area contributed by atoms with Gasteiger partial charge in [-0.3, -0.25) is 14.2 Å². The van der Waals surface area contributed by atoms with Crippen LogP contribution in [-0.2, 0) is 4.79 Å². The molecule has 8 nitrogen and oxygen atoms in total. The molecule has 0 bridgehead atoms. The molecule has 1 aliphatic rings. The van der Waals surface area contributed by atoms with E-state index in [9.17, 15) is 9.59 Å². The highest BCUT2D eigenvalue weighted by molar-refractivity contribution is 7.07. The lowest BCUT2D eigenvalue weighted by atomic mass is 9.93. The Kier molecular flexibility index (Phi) is 6.79. The second-order valence-electron chi connectivity index (χ2n) is 7.84. The lowest BCUT2D eigenvalue weighted by Gasteiger charge is -2.25. The fourth-order valence-corrected chi connectivity index (χ4v) is 5.34. The summed E-state index contributed by atoms with van der Waals surface area (Å²) in [6.07, 6.45) is 1.75. The van der Waals surface area contributed by atoms with Gasteiger partial charge in [0.1, 0.15) is 5.75 Å². The fraction of sp³-hybridized carbons (Fsp3) is 0.269. The molecule has 0 amide bonds. The monoisotopic (exact) mass is 494 g/mol. The number of fused-ring (bicyclic) bond motifs is 1. The van der Waals surface area contributed by atoms with E-state index < -0.39 is 6.04 Å². The normalized spacial score (nSPS) is 15.4. The number of allylic oxidation sites excluding steroid dienone is 2. The smallest absolute Gasteiger partial charge is 0.271 e. The second kappa shape index (κ2) is 9.79. The number of thiazole rings is 1. The molecule has 2 heterocycles. The Morgan fingerprint density at radius 2 is 1.63 bits per heavy atom. The number of Topliss-reactive ketones (excluding diaryl/α,β-unsaturated/α-hetero) is 1. The lowest BCUT2D eigenvalue weighted by Crippen LogP contribution is -2.39. The van der Waals surface area contributed by atoms with Crippen molar-refractivity contribution in [3.05, 3.63) is 78.5 Å². The summed E-state index contributed by atoms with van der Waals surface area (Å²) in [5.74, 6) is 1.86. The standard InChI is InChI=1S/C26H26N2O6S/c1-14-22(15(2)29)23(17-9-7-8-10-18(17)31-3)28-25(30)21(35-26(28)27-14)13-16-11-19(32-4)24(34-6)20(12-16)33-5/h7-13,23H,1-6H3/b21-13+/t23-/m0/s1. The highest BCUT2D eigenvalue weighted by atomic mass is 32.1. The number of hydrogen-bond donors (Lipinski definition) is 0. The van der Waals surface area contributed by atoms with Crippen molar-refractivity contribution in [2.75, 3.05) is 28.4 Å². The number of methoxy groups -OCH3 is 4. The van der Waals surface area contributed by atoms with Crippen LogP contribution in [0.25, 0.3) is 6.08 Å². The van der Waals surface area contributed by atoms with Gasteiger partial charge in [-0.1, -0.05) is 29.5 Å². The number of carbonyl (C=O) groups is 1. The zero-order valence-electron chi connectivity index (χ0n) is 20.4. The molecule has 4 rings (SSSR count). The molecule has 0 saturated carbocycles. The second-order valence-corrected chi connectivity index (χ2v) is 8.85. The van der Waals surface area contributed by atoms with Gasteiger partial charge in [0.25, 0.3) is 5.56 Å². The van der Waals surface area contributed by atoms with Gasteiger partial charge in [0.2, 0.25) is 5.75 Å². The van der Waals surface area contributed by atoms with E-state index in [4.69, 9.17) is 18.9 Å². The molecule has 182 valence electrons. The maximum Gasteiger partial charge on any atom is 0.271 e. The quantitative estimate of drug-likeness (QED) is 0.502. The first kappa shape index (κ1) is 24.3. The predicted molar refractivity (Wildman–Crippen MR) is 134 cm³/mol. The summed E-state index contributed by atoms with van der Waals surface area (Å²) >= 11 is 1.25. The van der Waals surface area contributed by atoms with Crippen LogP contribution in [0.5, 0.6) is 23.0 Å². The van der Waals surface area contributed by atoms with E-state index in [0.717, 1.165) is 5.56 Å². The molecule has 1 aliphatic heterocycles. The van der Waals surface area contributed by atoms with Crippen LogP contribution in [0, 0.1) is 0 Å². The maximum absolute atomic E-state index is 13.7. The third-order valence-corrected chi connectivity index (χ3v) is 6.80. The van der Waals surface area contributed by atoms with Gasteiger partial charge in [0.15, 0.2) is 22.1 Å². The first-order valence-corrected chi connectivity index (χ1v) is 11.6. The first-order valence-electron chi connectivity index (χ1n) is 10.8. The Hall–Kier alpha value is -3.85. The molecule has 9 heteroatoms. The van der Waals surface area contributed by atoms with Crippen LogP contribution in [-0.4, -0.2) is 38.8 Å². The van der Waals surface area contributed by atoms with Crippen LogP contribution in [0.4, 0.5) is 0 Å². The Morgan fingerprint density at radius 3 is 2.20 bits per heavy atom. The molecule has 0 aliphatic carbocycles. The number of carbonyl (C=O) groups excluding carboxylic acids is 1. The maximum atomic E-state index is 13.7. The number of benzene rings is 2. The van der Waals surface area contributed by atoms with Crippen LogP contribution in [0.2, 0.25) is 0 Å². The van der Waals surface area contributed by atoms with Gasteiger partial charge in [-0.15, -0.1) is 0 Å². The molecule has 0 radical (unpaired) electrons. The Balaban J connectivity index is 1.99. The Morgan fingerprint density at radius 1 is 1.00 bits per heavy atom. The largest absolute Gasteiger partial charge is 0.496 e. The summed E-state index contributed by atoms with van der Waals surface area (Å²) in [5, 5.41) is 0. The molecular formula is C26H26N2O6S. The summed E-state index contributed by atoms with van der Waals surface area (Å²) in [5.41, 5.74) is 2.19. The number of aromatic nitrogens is 1. The van der Waals surface area contributed by atoms with E-state index >= 15 is 0 Å². The summed E-state index contributed by atoms with van der Waals surface area (Å²) in [6, 6.07) is 10.3. The van der Waals surface area contributed by atoms with Gasteiger partial charge in [-0.05, 0) is 43.7 Å². The van der Waals surface area contributed by atoms with E-state index in [1.165, 1.54) is 39.6 Å². The lowest BCUT2D eigenvalue weighted by molar-refractivity contribution is -0.114. The van der Waals surface area contributed by atoms with Crippen molar-refractivity contribution in [3.8, 4) is 23.0 Å². The number of hydrogen-bond acceptors (Lipinski definition) is 8. The minimum Gasteiger partial charge on any atom is -0.496 e. The Labute approximate surface area is 206 Å². The average Bonchev–Trinajstić information content (AvgIpc) is 3.16. The van der Waals surface area contributed by atoms with Gasteiger partial charge < -0.3 is 18.9 Å². The minimum atomic E-state index is -0.651.